The summed E-state index contributed by atoms with van der Waals surface area (Å²) in [5.74, 6) is 1.38. The Morgan fingerprint density at radius 3 is 2.31 bits per heavy atom. The average Bonchev–Trinajstić information content (AvgIpc) is 2.31. The molecular weight excluding hydrogens is 204 g/mol. The van der Waals surface area contributed by atoms with E-state index in [1.165, 1.54) is 0 Å². The molecule has 1 rings (SSSR count). The van der Waals surface area contributed by atoms with Crippen molar-refractivity contribution in [3.8, 4) is 17.6 Å². The molecular formula is C12H16N2O2. The van der Waals surface area contributed by atoms with E-state index in [9.17, 15) is 0 Å². The topological polar surface area (TPSA) is 68.3 Å². The van der Waals surface area contributed by atoms with Crippen molar-refractivity contribution in [3.63, 3.8) is 0 Å². The fourth-order valence-corrected chi connectivity index (χ4v) is 1.67. The molecule has 0 spiro atoms. The van der Waals surface area contributed by atoms with Gasteiger partial charge >= 0.3 is 0 Å². The van der Waals surface area contributed by atoms with Gasteiger partial charge in [-0.1, -0.05) is 0 Å². The molecule has 0 bridgehead atoms. The van der Waals surface area contributed by atoms with Gasteiger partial charge in [0.25, 0.3) is 0 Å². The molecule has 0 saturated heterocycles. The number of nitrogens with zero attached hydrogens (tertiary/aromatic N) is 1. The van der Waals surface area contributed by atoms with Crippen LogP contribution >= 0.6 is 0 Å². The van der Waals surface area contributed by atoms with Gasteiger partial charge in [-0.3, -0.25) is 0 Å². The Hall–Kier alpha value is -1.73. The standard InChI is InChI=1S/C12H16N2O2/c1-7-8(2)12(16-4)9(10(14)6-13)5-11(7)15-3/h5,10H,14H2,1-4H3. The van der Waals surface area contributed by atoms with Gasteiger partial charge in [-0.05, 0) is 31.0 Å². The third-order valence-corrected chi connectivity index (χ3v) is 2.72. The highest BCUT2D eigenvalue weighted by molar-refractivity contribution is 5.54. The minimum atomic E-state index is -0.705. The maximum atomic E-state index is 8.86. The van der Waals surface area contributed by atoms with Gasteiger partial charge in [0.05, 0.1) is 20.3 Å². The molecule has 0 fully saturated rings. The smallest absolute Gasteiger partial charge is 0.128 e. The molecule has 0 aliphatic carbocycles. The van der Waals surface area contributed by atoms with E-state index < -0.39 is 6.04 Å². The van der Waals surface area contributed by atoms with Crippen molar-refractivity contribution >= 4 is 0 Å². The van der Waals surface area contributed by atoms with Crippen molar-refractivity contribution < 1.29 is 9.47 Å². The molecule has 0 aliphatic heterocycles. The molecule has 1 unspecified atom stereocenters. The number of rotatable bonds is 3. The van der Waals surface area contributed by atoms with Gasteiger partial charge in [0.15, 0.2) is 0 Å². The second-order valence-electron chi connectivity index (χ2n) is 3.56. The SMILES string of the molecule is COc1cc(C(N)C#N)c(OC)c(C)c1C. The second kappa shape index (κ2) is 4.86. The summed E-state index contributed by atoms with van der Waals surface area (Å²) in [5.41, 5.74) is 8.31. The van der Waals surface area contributed by atoms with Crippen LogP contribution in [0.1, 0.15) is 22.7 Å². The zero-order valence-electron chi connectivity index (χ0n) is 10.00. The lowest BCUT2D eigenvalue weighted by Crippen LogP contribution is -2.11. The van der Waals surface area contributed by atoms with Gasteiger partial charge in [-0.2, -0.15) is 5.26 Å². The molecule has 0 aromatic heterocycles. The van der Waals surface area contributed by atoms with Crippen molar-refractivity contribution in [2.45, 2.75) is 19.9 Å². The predicted octanol–water partition coefficient (Wildman–Crippen LogP) is 1.84. The van der Waals surface area contributed by atoms with Gasteiger partial charge in [0, 0.05) is 5.56 Å². The first kappa shape index (κ1) is 12.3. The monoisotopic (exact) mass is 220 g/mol. The fourth-order valence-electron chi connectivity index (χ4n) is 1.67. The minimum Gasteiger partial charge on any atom is -0.496 e. The van der Waals surface area contributed by atoms with E-state index in [0.29, 0.717) is 11.3 Å². The first-order valence-corrected chi connectivity index (χ1v) is 4.94. The van der Waals surface area contributed by atoms with Crippen LogP contribution in [-0.2, 0) is 0 Å². The van der Waals surface area contributed by atoms with Crippen LogP contribution < -0.4 is 15.2 Å². The zero-order chi connectivity index (χ0) is 12.3. The Bertz CT molecular complexity index is 436. The van der Waals surface area contributed by atoms with E-state index in [0.717, 1.165) is 16.9 Å². The Labute approximate surface area is 95.6 Å². The van der Waals surface area contributed by atoms with Gasteiger partial charge < -0.3 is 15.2 Å². The van der Waals surface area contributed by atoms with Crippen molar-refractivity contribution in [1.82, 2.24) is 0 Å². The summed E-state index contributed by atoms with van der Waals surface area (Å²) in [6, 6.07) is 3.05. The molecule has 1 aromatic rings. The van der Waals surface area contributed by atoms with Crippen molar-refractivity contribution in [3.05, 3.63) is 22.8 Å². The van der Waals surface area contributed by atoms with Crippen LogP contribution in [0.4, 0.5) is 0 Å². The predicted molar refractivity (Wildman–Crippen MR) is 61.6 cm³/mol. The maximum Gasteiger partial charge on any atom is 0.128 e. The Balaban J connectivity index is 3.48. The van der Waals surface area contributed by atoms with Crippen LogP contribution in [0.15, 0.2) is 6.07 Å². The largest absolute Gasteiger partial charge is 0.496 e. The molecule has 16 heavy (non-hydrogen) atoms. The molecule has 0 saturated carbocycles. The summed E-state index contributed by atoms with van der Waals surface area (Å²) < 4.78 is 10.5. The lowest BCUT2D eigenvalue weighted by molar-refractivity contribution is 0.392. The van der Waals surface area contributed by atoms with Crippen LogP contribution in [0, 0.1) is 25.2 Å². The van der Waals surface area contributed by atoms with Gasteiger partial charge in [-0.15, -0.1) is 0 Å². The number of benzene rings is 1. The van der Waals surface area contributed by atoms with Gasteiger partial charge in [-0.25, -0.2) is 0 Å². The van der Waals surface area contributed by atoms with Crippen molar-refractivity contribution in [1.29, 1.82) is 5.26 Å². The minimum absolute atomic E-state index is 0.657. The number of nitriles is 1. The highest BCUT2D eigenvalue weighted by Crippen LogP contribution is 2.35. The molecule has 4 nitrogen and oxygen atoms in total. The normalized spacial score (nSPS) is 11.8. The third-order valence-electron chi connectivity index (χ3n) is 2.72. The van der Waals surface area contributed by atoms with E-state index in [4.69, 9.17) is 20.5 Å². The molecule has 0 aliphatic rings. The van der Waals surface area contributed by atoms with Crippen LogP contribution in [-0.4, -0.2) is 14.2 Å². The van der Waals surface area contributed by atoms with Crippen LogP contribution in [0.3, 0.4) is 0 Å². The Morgan fingerprint density at radius 1 is 1.25 bits per heavy atom. The summed E-state index contributed by atoms with van der Waals surface area (Å²) in [7, 11) is 3.16. The number of hydrogen-bond acceptors (Lipinski definition) is 4. The molecule has 1 aromatic carbocycles. The zero-order valence-corrected chi connectivity index (χ0v) is 10.00. The van der Waals surface area contributed by atoms with Crippen LogP contribution in [0.5, 0.6) is 11.5 Å². The summed E-state index contributed by atoms with van der Waals surface area (Å²) in [6.07, 6.45) is 0. The summed E-state index contributed by atoms with van der Waals surface area (Å²) in [4.78, 5) is 0. The molecule has 1 atom stereocenters. The third kappa shape index (κ3) is 1.95. The first-order valence-electron chi connectivity index (χ1n) is 4.94. The van der Waals surface area contributed by atoms with Gasteiger partial charge in [0.2, 0.25) is 0 Å². The van der Waals surface area contributed by atoms with Gasteiger partial charge in [0.1, 0.15) is 17.5 Å². The highest BCUT2D eigenvalue weighted by Gasteiger charge is 2.18. The molecule has 2 N–H and O–H groups in total. The Kier molecular flexibility index (Phi) is 3.75. The lowest BCUT2D eigenvalue weighted by Gasteiger charge is -2.17. The lowest BCUT2D eigenvalue weighted by atomic mass is 9.99. The number of methoxy groups -OCH3 is 2. The molecule has 4 heteroatoms. The summed E-state index contributed by atoms with van der Waals surface area (Å²) in [6.45, 7) is 3.86. The van der Waals surface area contributed by atoms with E-state index in [1.54, 1.807) is 20.3 Å². The molecule has 86 valence electrons. The highest BCUT2D eigenvalue weighted by atomic mass is 16.5. The molecule has 0 radical (unpaired) electrons. The maximum absolute atomic E-state index is 8.86. The average molecular weight is 220 g/mol. The van der Waals surface area contributed by atoms with E-state index >= 15 is 0 Å². The number of nitrogens with two attached hydrogens (primary N) is 1. The van der Waals surface area contributed by atoms with E-state index in [-0.39, 0.29) is 0 Å². The Morgan fingerprint density at radius 2 is 1.88 bits per heavy atom. The quantitative estimate of drug-likeness (QED) is 0.844. The van der Waals surface area contributed by atoms with Crippen LogP contribution in [0.2, 0.25) is 0 Å². The first-order chi connectivity index (χ1) is 7.56. The van der Waals surface area contributed by atoms with E-state index in [2.05, 4.69) is 0 Å². The summed E-state index contributed by atoms with van der Waals surface area (Å²) in [5, 5.41) is 8.86. The van der Waals surface area contributed by atoms with E-state index in [1.807, 2.05) is 19.9 Å². The van der Waals surface area contributed by atoms with Crippen molar-refractivity contribution in [2.75, 3.05) is 14.2 Å². The summed E-state index contributed by atoms with van der Waals surface area (Å²) >= 11 is 0. The number of ether oxygens (including phenoxy) is 2. The fraction of sp³-hybridized carbons (Fsp3) is 0.417. The molecule has 0 heterocycles. The number of hydrogen-bond donors (Lipinski definition) is 1. The van der Waals surface area contributed by atoms with Crippen LogP contribution in [0.25, 0.3) is 0 Å². The second-order valence-corrected chi connectivity index (χ2v) is 3.56. The molecule has 0 amide bonds. The van der Waals surface area contributed by atoms with Crippen molar-refractivity contribution in [2.24, 2.45) is 5.73 Å².